The van der Waals surface area contributed by atoms with E-state index in [9.17, 15) is 9.59 Å². The van der Waals surface area contributed by atoms with Crippen molar-refractivity contribution in [3.63, 3.8) is 0 Å². The van der Waals surface area contributed by atoms with E-state index in [4.69, 9.17) is 14.2 Å². The zero-order chi connectivity index (χ0) is 19.4. The Labute approximate surface area is 160 Å². The largest absolute Gasteiger partial charge is 0.486 e. The van der Waals surface area contributed by atoms with E-state index in [0.717, 1.165) is 17.1 Å². The molecular weight excluding hydrogens is 348 g/mol. The SMILES string of the molecule is CC(C)(C)OC(=O)N1CCC(C(=O)NCc2ccc3c(c2)OCCO3)CC1. The van der Waals surface area contributed by atoms with Gasteiger partial charge < -0.3 is 24.4 Å². The molecule has 2 aliphatic heterocycles. The molecule has 2 aliphatic rings. The summed E-state index contributed by atoms with van der Waals surface area (Å²) in [4.78, 5) is 26.2. The lowest BCUT2D eigenvalue weighted by molar-refractivity contribution is -0.126. The van der Waals surface area contributed by atoms with Gasteiger partial charge in [-0.05, 0) is 51.3 Å². The monoisotopic (exact) mass is 376 g/mol. The van der Waals surface area contributed by atoms with Crippen molar-refractivity contribution in [1.29, 1.82) is 0 Å². The Hall–Kier alpha value is -2.44. The van der Waals surface area contributed by atoms with E-state index in [2.05, 4.69) is 5.32 Å². The number of amides is 2. The fourth-order valence-corrected chi connectivity index (χ4v) is 3.18. The van der Waals surface area contributed by atoms with Gasteiger partial charge in [-0.2, -0.15) is 0 Å². The van der Waals surface area contributed by atoms with E-state index >= 15 is 0 Å². The first kappa shape index (κ1) is 19.3. The van der Waals surface area contributed by atoms with Crippen LogP contribution in [0.25, 0.3) is 0 Å². The van der Waals surface area contributed by atoms with Crippen LogP contribution in [0.4, 0.5) is 4.79 Å². The fourth-order valence-electron chi connectivity index (χ4n) is 3.18. The Morgan fingerprint density at radius 2 is 1.81 bits per heavy atom. The van der Waals surface area contributed by atoms with Crippen LogP contribution in [-0.2, 0) is 16.1 Å². The molecule has 0 bridgehead atoms. The van der Waals surface area contributed by atoms with Gasteiger partial charge in [-0.3, -0.25) is 4.79 Å². The maximum atomic E-state index is 12.5. The Morgan fingerprint density at radius 3 is 2.48 bits per heavy atom. The van der Waals surface area contributed by atoms with E-state index in [-0.39, 0.29) is 17.9 Å². The van der Waals surface area contributed by atoms with Gasteiger partial charge in [0.25, 0.3) is 0 Å². The average Bonchev–Trinajstić information content (AvgIpc) is 2.64. The molecular formula is C20H28N2O5. The molecule has 0 atom stereocenters. The maximum absolute atomic E-state index is 12.5. The molecule has 148 valence electrons. The van der Waals surface area contributed by atoms with Gasteiger partial charge in [0.2, 0.25) is 5.91 Å². The molecule has 2 heterocycles. The van der Waals surface area contributed by atoms with Crippen LogP contribution in [-0.4, -0.2) is 48.8 Å². The first-order chi connectivity index (χ1) is 12.8. The second-order valence-electron chi connectivity index (χ2n) is 7.94. The number of ether oxygens (including phenoxy) is 3. The van der Waals surface area contributed by atoms with Crippen LogP contribution in [0.3, 0.4) is 0 Å². The molecule has 3 rings (SSSR count). The molecule has 0 unspecified atom stereocenters. The lowest BCUT2D eigenvalue weighted by atomic mass is 9.96. The van der Waals surface area contributed by atoms with Crippen molar-refractivity contribution in [1.82, 2.24) is 10.2 Å². The highest BCUT2D eigenvalue weighted by Crippen LogP contribution is 2.30. The number of nitrogens with one attached hydrogen (secondary N) is 1. The summed E-state index contributed by atoms with van der Waals surface area (Å²) in [5.41, 5.74) is 0.466. The highest BCUT2D eigenvalue weighted by Gasteiger charge is 2.29. The van der Waals surface area contributed by atoms with Crippen LogP contribution in [0.2, 0.25) is 0 Å². The van der Waals surface area contributed by atoms with Crippen molar-refractivity contribution >= 4 is 12.0 Å². The van der Waals surface area contributed by atoms with Crippen molar-refractivity contribution < 1.29 is 23.8 Å². The third-order valence-electron chi connectivity index (χ3n) is 4.59. The van der Waals surface area contributed by atoms with Gasteiger partial charge in [0.05, 0.1) is 0 Å². The Morgan fingerprint density at radius 1 is 1.15 bits per heavy atom. The summed E-state index contributed by atoms with van der Waals surface area (Å²) >= 11 is 0. The lowest BCUT2D eigenvalue weighted by Gasteiger charge is -2.32. The summed E-state index contributed by atoms with van der Waals surface area (Å²) in [6.07, 6.45) is 0.982. The minimum atomic E-state index is -0.505. The second kappa shape index (κ2) is 8.06. The predicted molar refractivity (Wildman–Crippen MR) is 99.8 cm³/mol. The minimum absolute atomic E-state index is 0.0220. The number of fused-ring (bicyclic) bond motifs is 1. The summed E-state index contributed by atoms with van der Waals surface area (Å²) in [6.45, 7) is 8.18. The van der Waals surface area contributed by atoms with E-state index < -0.39 is 5.60 Å². The minimum Gasteiger partial charge on any atom is -0.486 e. The number of piperidine rings is 1. The number of carbonyl (C=O) groups is 2. The van der Waals surface area contributed by atoms with Crippen LogP contribution in [0.5, 0.6) is 11.5 Å². The zero-order valence-corrected chi connectivity index (χ0v) is 16.2. The first-order valence-corrected chi connectivity index (χ1v) is 9.46. The van der Waals surface area contributed by atoms with Crippen LogP contribution in [0.1, 0.15) is 39.2 Å². The molecule has 1 aromatic carbocycles. The predicted octanol–water partition coefficient (Wildman–Crippen LogP) is 2.72. The van der Waals surface area contributed by atoms with E-state index in [0.29, 0.717) is 45.7 Å². The number of hydrogen-bond donors (Lipinski definition) is 1. The van der Waals surface area contributed by atoms with Crippen molar-refractivity contribution in [3.05, 3.63) is 23.8 Å². The topological polar surface area (TPSA) is 77.1 Å². The zero-order valence-electron chi connectivity index (χ0n) is 16.2. The molecule has 7 nitrogen and oxygen atoms in total. The molecule has 1 saturated heterocycles. The first-order valence-electron chi connectivity index (χ1n) is 9.46. The van der Waals surface area contributed by atoms with Gasteiger partial charge in [0.1, 0.15) is 18.8 Å². The van der Waals surface area contributed by atoms with Gasteiger partial charge in [-0.15, -0.1) is 0 Å². The molecule has 0 aromatic heterocycles. The normalized spacial score (nSPS) is 17.4. The summed E-state index contributed by atoms with van der Waals surface area (Å²) in [6, 6.07) is 5.70. The van der Waals surface area contributed by atoms with Gasteiger partial charge in [-0.1, -0.05) is 6.07 Å². The Bertz CT molecular complexity index is 690. The van der Waals surface area contributed by atoms with E-state index in [1.54, 1.807) is 4.90 Å². The molecule has 0 saturated carbocycles. The highest BCUT2D eigenvalue weighted by molar-refractivity contribution is 5.79. The molecule has 0 aliphatic carbocycles. The lowest BCUT2D eigenvalue weighted by Crippen LogP contribution is -2.44. The third kappa shape index (κ3) is 5.28. The highest BCUT2D eigenvalue weighted by atomic mass is 16.6. The van der Waals surface area contributed by atoms with E-state index in [1.807, 2.05) is 39.0 Å². The number of nitrogens with zero attached hydrogens (tertiary/aromatic N) is 1. The van der Waals surface area contributed by atoms with Crippen molar-refractivity contribution in [2.24, 2.45) is 5.92 Å². The molecule has 27 heavy (non-hydrogen) atoms. The van der Waals surface area contributed by atoms with Crippen LogP contribution in [0.15, 0.2) is 18.2 Å². The average molecular weight is 376 g/mol. The number of benzene rings is 1. The third-order valence-corrected chi connectivity index (χ3v) is 4.59. The Kier molecular flexibility index (Phi) is 5.77. The van der Waals surface area contributed by atoms with E-state index in [1.165, 1.54) is 0 Å². The van der Waals surface area contributed by atoms with Crippen molar-refractivity contribution in [3.8, 4) is 11.5 Å². The molecule has 1 N–H and O–H groups in total. The van der Waals surface area contributed by atoms with Gasteiger partial charge in [0, 0.05) is 25.6 Å². The summed E-state index contributed by atoms with van der Waals surface area (Å²) in [5.74, 6) is 1.40. The molecule has 2 amide bonds. The smallest absolute Gasteiger partial charge is 0.410 e. The van der Waals surface area contributed by atoms with Crippen LogP contribution < -0.4 is 14.8 Å². The number of likely N-dealkylation sites (tertiary alicyclic amines) is 1. The van der Waals surface area contributed by atoms with Gasteiger partial charge in [-0.25, -0.2) is 4.79 Å². The van der Waals surface area contributed by atoms with Crippen molar-refractivity contribution in [2.75, 3.05) is 26.3 Å². The summed E-state index contributed by atoms with van der Waals surface area (Å²) < 4.78 is 16.5. The molecule has 0 spiro atoms. The molecule has 1 fully saturated rings. The summed E-state index contributed by atoms with van der Waals surface area (Å²) in [7, 11) is 0. The molecule has 7 heteroatoms. The fraction of sp³-hybridized carbons (Fsp3) is 0.600. The number of carbonyl (C=O) groups excluding carboxylic acids is 2. The quantitative estimate of drug-likeness (QED) is 0.878. The maximum Gasteiger partial charge on any atom is 0.410 e. The van der Waals surface area contributed by atoms with Crippen LogP contribution in [0, 0.1) is 5.92 Å². The second-order valence-corrected chi connectivity index (χ2v) is 7.94. The molecule has 0 radical (unpaired) electrons. The van der Waals surface area contributed by atoms with Gasteiger partial charge >= 0.3 is 6.09 Å². The summed E-state index contributed by atoms with van der Waals surface area (Å²) in [5, 5.41) is 2.99. The Balaban J connectivity index is 1.45. The number of rotatable bonds is 3. The van der Waals surface area contributed by atoms with Gasteiger partial charge in [0.15, 0.2) is 11.5 Å². The standard InChI is InChI=1S/C20H28N2O5/c1-20(2,3)27-19(24)22-8-6-15(7-9-22)18(23)21-13-14-4-5-16-17(12-14)26-11-10-25-16/h4-5,12,15H,6-11,13H2,1-3H3,(H,21,23). The van der Waals surface area contributed by atoms with Crippen LogP contribution >= 0.6 is 0 Å². The van der Waals surface area contributed by atoms with Crippen molar-refractivity contribution in [2.45, 2.75) is 45.8 Å². The molecule has 1 aromatic rings. The number of hydrogen-bond acceptors (Lipinski definition) is 5.